The van der Waals surface area contributed by atoms with Crippen LogP contribution in [0.4, 0.5) is 0 Å². The number of nitrogens with zero attached hydrogens (tertiary/aromatic N) is 3. The Kier molecular flexibility index (Phi) is 6.30. The lowest BCUT2D eigenvalue weighted by molar-refractivity contribution is -0.145. The molecule has 0 bridgehead atoms. The zero-order valence-electron chi connectivity index (χ0n) is 18.7. The average Bonchev–Trinajstić information content (AvgIpc) is 3.39. The number of benzene rings is 1. The number of likely N-dealkylation sites (tertiary alicyclic amines) is 1. The summed E-state index contributed by atoms with van der Waals surface area (Å²) in [6.07, 6.45) is 6.33. The van der Waals surface area contributed by atoms with Gasteiger partial charge >= 0.3 is 11.9 Å². The molecule has 0 spiro atoms. The quantitative estimate of drug-likeness (QED) is 0.664. The molecule has 1 saturated carbocycles. The van der Waals surface area contributed by atoms with Crippen LogP contribution in [0, 0.1) is 12.8 Å². The smallest absolute Gasteiger partial charge is 0.341 e. The molecule has 0 radical (unpaired) electrons. The highest BCUT2D eigenvalue weighted by atomic mass is 16.5. The molecule has 8 nitrogen and oxygen atoms in total. The van der Waals surface area contributed by atoms with E-state index in [0.717, 1.165) is 31.4 Å². The fourth-order valence-electron chi connectivity index (χ4n) is 5.07. The van der Waals surface area contributed by atoms with Crippen molar-refractivity contribution in [3.8, 4) is 5.69 Å². The van der Waals surface area contributed by atoms with Crippen molar-refractivity contribution in [1.82, 2.24) is 14.7 Å². The molecule has 1 saturated heterocycles. The van der Waals surface area contributed by atoms with Crippen molar-refractivity contribution >= 4 is 17.8 Å². The van der Waals surface area contributed by atoms with Crippen LogP contribution < -0.4 is 0 Å². The molecule has 32 heavy (non-hydrogen) atoms. The summed E-state index contributed by atoms with van der Waals surface area (Å²) in [4.78, 5) is 39.7. The van der Waals surface area contributed by atoms with Gasteiger partial charge in [0, 0.05) is 11.6 Å². The van der Waals surface area contributed by atoms with Crippen molar-refractivity contribution in [2.75, 3.05) is 13.7 Å². The first kappa shape index (κ1) is 22.0. The first-order chi connectivity index (χ1) is 15.5. The highest BCUT2D eigenvalue weighted by Gasteiger charge is 2.48. The number of hydrogen-bond acceptors (Lipinski definition) is 6. The first-order valence-corrected chi connectivity index (χ1v) is 11.2. The van der Waals surface area contributed by atoms with Gasteiger partial charge < -0.3 is 14.4 Å². The summed E-state index contributed by atoms with van der Waals surface area (Å²) in [5.74, 6) is -0.550. The van der Waals surface area contributed by atoms with Crippen LogP contribution in [0.5, 0.6) is 0 Å². The van der Waals surface area contributed by atoms with Crippen molar-refractivity contribution in [2.45, 2.75) is 58.0 Å². The van der Waals surface area contributed by atoms with Crippen molar-refractivity contribution in [2.24, 2.45) is 5.92 Å². The van der Waals surface area contributed by atoms with Crippen molar-refractivity contribution in [1.29, 1.82) is 0 Å². The fourth-order valence-corrected chi connectivity index (χ4v) is 5.07. The van der Waals surface area contributed by atoms with Crippen molar-refractivity contribution in [3.63, 3.8) is 0 Å². The Morgan fingerprint density at radius 3 is 2.53 bits per heavy atom. The normalized spacial score (nSPS) is 22.3. The third-order valence-electron chi connectivity index (χ3n) is 6.66. The van der Waals surface area contributed by atoms with E-state index in [1.165, 1.54) is 13.3 Å². The second-order valence-electron chi connectivity index (χ2n) is 8.42. The number of esters is 2. The molecule has 2 aliphatic rings. The van der Waals surface area contributed by atoms with Gasteiger partial charge in [0.25, 0.3) is 5.91 Å². The van der Waals surface area contributed by atoms with E-state index in [9.17, 15) is 14.4 Å². The summed E-state index contributed by atoms with van der Waals surface area (Å²) in [6, 6.07) is 6.63. The topological polar surface area (TPSA) is 90.7 Å². The standard InChI is InChI=1S/C24H29N3O5/c1-4-32-23(29)19-14-25-27(15(19)2)18-11-9-16(10-12-18)22(28)26-20-8-6-5-7-17(20)13-21(26)24(30)31-3/h9-12,14,17,20-21H,4-8,13H2,1-3H3. The Morgan fingerprint density at radius 2 is 1.84 bits per heavy atom. The summed E-state index contributed by atoms with van der Waals surface area (Å²) in [6.45, 7) is 3.85. The number of fused-ring (bicyclic) bond motifs is 1. The molecule has 1 aromatic carbocycles. The molecule has 4 rings (SSSR count). The lowest BCUT2D eigenvalue weighted by atomic mass is 9.84. The van der Waals surface area contributed by atoms with Gasteiger partial charge in [-0.05, 0) is 63.3 Å². The second-order valence-corrected chi connectivity index (χ2v) is 8.42. The Labute approximate surface area is 187 Å². The highest BCUT2D eigenvalue weighted by Crippen LogP contribution is 2.40. The number of methoxy groups -OCH3 is 1. The molecule has 1 aliphatic heterocycles. The molecule has 3 unspecified atom stereocenters. The van der Waals surface area contributed by atoms with Gasteiger partial charge in [0.2, 0.25) is 0 Å². The van der Waals surface area contributed by atoms with Gasteiger partial charge in [-0.15, -0.1) is 0 Å². The third-order valence-corrected chi connectivity index (χ3v) is 6.66. The van der Waals surface area contributed by atoms with Crippen molar-refractivity contribution in [3.05, 3.63) is 47.3 Å². The molecule has 1 aromatic heterocycles. The minimum atomic E-state index is -0.527. The molecular weight excluding hydrogens is 410 g/mol. The van der Waals surface area contributed by atoms with Gasteiger partial charge in [0.1, 0.15) is 11.6 Å². The van der Waals surface area contributed by atoms with Gasteiger partial charge in [-0.25, -0.2) is 14.3 Å². The molecule has 2 fully saturated rings. The Morgan fingerprint density at radius 1 is 1.12 bits per heavy atom. The maximum atomic E-state index is 13.4. The first-order valence-electron chi connectivity index (χ1n) is 11.2. The van der Waals surface area contributed by atoms with E-state index in [0.29, 0.717) is 35.8 Å². The van der Waals surface area contributed by atoms with E-state index in [2.05, 4.69) is 5.10 Å². The van der Waals surface area contributed by atoms with Gasteiger partial charge in [-0.1, -0.05) is 12.8 Å². The monoisotopic (exact) mass is 439 g/mol. The van der Waals surface area contributed by atoms with E-state index in [4.69, 9.17) is 9.47 Å². The summed E-state index contributed by atoms with van der Waals surface area (Å²) in [5, 5.41) is 4.30. The summed E-state index contributed by atoms with van der Waals surface area (Å²) in [5.41, 5.74) is 2.33. The maximum absolute atomic E-state index is 13.4. The lowest BCUT2D eigenvalue weighted by Gasteiger charge is -2.33. The molecule has 8 heteroatoms. The van der Waals surface area contributed by atoms with Gasteiger partial charge in [-0.3, -0.25) is 4.79 Å². The molecule has 170 valence electrons. The zero-order chi connectivity index (χ0) is 22.8. The molecule has 3 atom stereocenters. The summed E-state index contributed by atoms with van der Waals surface area (Å²) >= 11 is 0. The van der Waals surface area contributed by atoms with Crippen LogP contribution >= 0.6 is 0 Å². The summed E-state index contributed by atoms with van der Waals surface area (Å²) < 4.78 is 11.7. The van der Waals surface area contributed by atoms with Crippen LogP contribution in [0.2, 0.25) is 0 Å². The number of carbonyl (C=O) groups is 3. The minimum Gasteiger partial charge on any atom is -0.467 e. The molecule has 1 amide bonds. The van der Waals surface area contributed by atoms with Gasteiger partial charge in [0.15, 0.2) is 0 Å². The molecule has 2 aromatic rings. The van der Waals surface area contributed by atoms with E-state index in [1.807, 2.05) is 0 Å². The van der Waals surface area contributed by atoms with Crippen LogP contribution in [-0.2, 0) is 14.3 Å². The predicted molar refractivity (Wildman–Crippen MR) is 117 cm³/mol. The maximum Gasteiger partial charge on any atom is 0.341 e. The number of carbonyl (C=O) groups excluding carboxylic acids is 3. The Hall–Kier alpha value is -3.16. The van der Waals surface area contributed by atoms with Crippen molar-refractivity contribution < 1.29 is 23.9 Å². The molecule has 2 heterocycles. The molecule has 1 aliphatic carbocycles. The Bertz CT molecular complexity index is 1010. The van der Waals surface area contributed by atoms with E-state index >= 15 is 0 Å². The molecule has 0 N–H and O–H groups in total. The molecular formula is C24H29N3O5. The number of rotatable bonds is 5. The average molecular weight is 440 g/mol. The van der Waals surface area contributed by atoms with Crippen LogP contribution in [-0.4, -0.2) is 58.3 Å². The zero-order valence-corrected chi connectivity index (χ0v) is 18.7. The van der Waals surface area contributed by atoms with Crippen LogP contribution in [0.15, 0.2) is 30.5 Å². The summed E-state index contributed by atoms with van der Waals surface area (Å²) in [7, 11) is 1.37. The second kappa shape index (κ2) is 9.14. The predicted octanol–water partition coefficient (Wildman–Crippen LogP) is 3.30. The third kappa shape index (κ3) is 3.89. The number of hydrogen-bond donors (Lipinski definition) is 0. The number of aromatic nitrogens is 2. The SMILES string of the molecule is CCOC(=O)c1cnn(-c2ccc(C(=O)N3C(C(=O)OC)CC4CCCCC43)cc2)c1C. The van der Waals surface area contributed by atoms with Gasteiger partial charge in [-0.2, -0.15) is 5.10 Å². The lowest BCUT2D eigenvalue weighted by Crippen LogP contribution is -2.46. The van der Waals surface area contributed by atoms with Crippen LogP contribution in [0.3, 0.4) is 0 Å². The Balaban J connectivity index is 1.58. The number of ether oxygens (including phenoxy) is 2. The van der Waals surface area contributed by atoms with Crippen LogP contribution in [0.25, 0.3) is 5.69 Å². The van der Waals surface area contributed by atoms with E-state index < -0.39 is 12.0 Å². The van der Waals surface area contributed by atoms with E-state index in [1.54, 1.807) is 47.7 Å². The van der Waals surface area contributed by atoms with Gasteiger partial charge in [0.05, 0.1) is 31.3 Å². The largest absolute Gasteiger partial charge is 0.467 e. The minimum absolute atomic E-state index is 0.0838. The van der Waals surface area contributed by atoms with Crippen LogP contribution in [0.1, 0.15) is 65.4 Å². The van der Waals surface area contributed by atoms with E-state index in [-0.39, 0.29) is 17.9 Å². The number of amides is 1. The highest BCUT2D eigenvalue weighted by molar-refractivity contribution is 5.97. The fraction of sp³-hybridized carbons (Fsp3) is 0.500.